The maximum Gasteiger partial charge on any atom is 0.229 e. The summed E-state index contributed by atoms with van der Waals surface area (Å²) in [7, 11) is 0. The molecule has 2 fully saturated rings. The largest absolute Gasteiger partial charge is 0.342 e. The summed E-state index contributed by atoms with van der Waals surface area (Å²) in [6.07, 6.45) is 6.37. The van der Waals surface area contributed by atoms with Crippen LogP contribution in [0.1, 0.15) is 30.5 Å². The summed E-state index contributed by atoms with van der Waals surface area (Å²) >= 11 is 6.36. The molecule has 184 valence electrons. The number of hydrogen-bond acceptors (Lipinski definition) is 6. The van der Waals surface area contributed by atoms with Crippen LogP contribution in [-0.2, 0) is 9.53 Å². The zero-order valence-electron chi connectivity index (χ0n) is 19.7. The highest BCUT2D eigenvalue weighted by molar-refractivity contribution is 6.36. The number of hydrogen-bond donors (Lipinski definition) is 2. The first-order valence-corrected chi connectivity index (χ1v) is 12.2. The summed E-state index contributed by atoms with van der Waals surface area (Å²) in [4.78, 5) is 21.5. The Bertz CT molecular complexity index is 1480. The molecular weight excluding hydrogens is 483 g/mol. The Balaban J connectivity index is 1.24. The van der Waals surface area contributed by atoms with Gasteiger partial charge in [0.05, 0.1) is 23.2 Å². The fourth-order valence-corrected chi connectivity index (χ4v) is 5.27. The lowest BCUT2D eigenvalue weighted by Gasteiger charge is -2.12. The first-order valence-electron chi connectivity index (χ1n) is 11.8. The summed E-state index contributed by atoms with van der Waals surface area (Å²) in [5.74, 6) is -0.303. The van der Waals surface area contributed by atoms with E-state index in [0.29, 0.717) is 34.3 Å². The molecule has 1 aliphatic heterocycles. The van der Waals surface area contributed by atoms with E-state index in [9.17, 15) is 4.79 Å². The van der Waals surface area contributed by atoms with Crippen molar-refractivity contribution >= 4 is 34.1 Å². The van der Waals surface area contributed by atoms with Crippen molar-refractivity contribution in [3.63, 3.8) is 0 Å². The van der Waals surface area contributed by atoms with Crippen molar-refractivity contribution in [3.05, 3.63) is 71.2 Å². The molecule has 1 saturated carbocycles. The van der Waals surface area contributed by atoms with Crippen LogP contribution in [0.2, 0.25) is 5.02 Å². The van der Waals surface area contributed by atoms with E-state index in [4.69, 9.17) is 16.3 Å². The zero-order chi connectivity index (χ0) is 25.0. The fourth-order valence-electron chi connectivity index (χ4n) is 5.01. The van der Waals surface area contributed by atoms with Crippen LogP contribution in [0.3, 0.4) is 0 Å². The molecule has 1 aliphatic carbocycles. The second-order valence-corrected chi connectivity index (χ2v) is 9.71. The highest BCUT2D eigenvalue weighted by Crippen LogP contribution is 2.53. The first-order chi connectivity index (χ1) is 17.4. The van der Waals surface area contributed by atoms with Crippen molar-refractivity contribution in [1.29, 1.82) is 0 Å². The summed E-state index contributed by atoms with van der Waals surface area (Å²) < 4.78 is 22.4. The molecule has 3 aromatic heterocycles. The topological polar surface area (TPSA) is 94.0 Å². The molecule has 0 spiro atoms. The van der Waals surface area contributed by atoms with Crippen LogP contribution in [0.5, 0.6) is 0 Å². The Labute approximate surface area is 211 Å². The number of anilines is 1. The lowest BCUT2D eigenvalue weighted by Crippen LogP contribution is -2.21. The maximum absolute atomic E-state index is 15.1. The van der Waals surface area contributed by atoms with Crippen molar-refractivity contribution in [2.75, 3.05) is 18.5 Å². The number of nitrogens with zero attached hydrogens (tertiary/aromatic N) is 4. The number of ether oxygens (including phenoxy) is 1. The third kappa shape index (κ3) is 3.93. The lowest BCUT2D eigenvalue weighted by molar-refractivity contribution is -0.117. The molecule has 0 bridgehead atoms. The van der Waals surface area contributed by atoms with Crippen molar-refractivity contribution in [3.8, 4) is 11.1 Å². The van der Waals surface area contributed by atoms with E-state index in [2.05, 4.69) is 25.7 Å². The average molecular weight is 507 g/mol. The van der Waals surface area contributed by atoms with Crippen molar-refractivity contribution in [2.24, 2.45) is 11.8 Å². The van der Waals surface area contributed by atoms with E-state index in [1.807, 2.05) is 32.2 Å². The molecule has 2 aliphatic rings. The van der Waals surface area contributed by atoms with Crippen LogP contribution in [0.25, 0.3) is 21.9 Å². The maximum atomic E-state index is 15.1. The SMILES string of the molecule is Cc1ccncc1-c1cc2cc(NC(=O)[C@H]3C(C)[C@@H]3c3ccn(C4NCCO4)n3)ncc2c(Cl)c1F. The van der Waals surface area contributed by atoms with Crippen LogP contribution < -0.4 is 10.6 Å². The van der Waals surface area contributed by atoms with Gasteiger partial charge in [0.2, 0.25) is 12.3 Å². The number of aryl methyl sites for hydroxylation is 1. The van der Waals surface area contributed by atoms with Gasteiger partial charge < -0.3 is 10.1 Å². The van der Waals surface area contributed by atoms with Crippen molar-refractivity contribution in [2.45, 2.75) is 26.1 Å². The van der Waals surface area contributed by atoms with Gasteiger partial charge in [-0.25, -0.2) is 14.1 Å². The van der Waals surface area contributed by atoms with Gasteiger partial charge in [-0.3, -0.25) is 15.1 Å². The number of amides is 1. The number of carbonyl (C=O) groups excluding carboxylic acids is 1. The minimum atomic E-state index is -0.522. The van der Waals surface area contributed by atoms with Crippen LogP contribution in [0.4, 0.5) is 10.2 Å². The predicted octanol–water partition coefficient (Wildman–Crippen LogP) is 4.66. The predicted molar refractivity (Wildman–Crippen MR) is 134 cm³/mol. The van der Waals surface area contributed by atoms with Gasteiger partial charge in [-0.15, -0.1) is 0 Å². The Kier molecular flexibility index (Phi) is 5.70. The number of rotatable bonds is 5. The van der Waals surface area contributed by atoms with E-state index in [0.717, 1.165) is 17.8 Å². The number of halogens is 2. The minimum absolute atomic E-state index is 0.0108. The molecule has 4 atom stereocenters. The second kappa shape index (κ2) is 8.92. The normalized spacial score (nSPS) is 23.2. The molecule has 4 aromatic rings. The zero-order valence-corrected chi connectivity index (χ0v) is 20.5. The first kappa shape index (κ1) is 23.0. The third-order valence-corrected chi connectivity index (χ3v) is 7.44. The van der Waals surface area contributed by atoms with Gasteiger partial charge in [0, 0.05) is 53.8 Å². The van der Waals surface area contributed by atoms with Gasteiger partial charge in [0.25, 0.3) is 0 Å². The summed E-state index contributed by atoms with van der Waals surface area (Å²) in [5.41, 5.74) is 2.76. The van der Waals surface area contributed by atoms with Gasteiger partial charge in [0.15, 0.2) is 0 Å². The number of carbonyl (C=O) groups is 1. The Morgan fingerprint density at radius 1 is 1.28 bits per heavy atom. The van der Waals surface area contributed by atoms with Crippen LogP contribution >= 0.6 is 11.6 Å². The number of pyridine rings is 2. The summed E-state index contributed by atoms with van der Waals surface area (Å²) in [6, 6.07) is 7.18. The van der Waals surface area contributed by atoms with Gasteiger partial charge in [-0.2, -0.15) is 5.10 Å². The quantitative estimate of drug-likeness (QED) is 0.409. The fraction of sp³-hybridized carbons (Fsp3) is 0.308. The molecule has 36 heavy (non-hydrogen) atoms. The molecule has 6 rings (SSSR count). The Morgan fingerprint density at radius 2 is 2.14 bits per heavy atom. The number of nitrogens with one attached hydrogen (secondary N) is 2. The number of benzene rings is 1. The molecule has 2 N–H and O–H groups in total. The Morgan fingerprint density at radius 3 is 2.92 bits per heavy atom. The van der Waals surface area contributed by atoms with Gasteiger partial charge >= 0.3 is 0 Å². The van der Waals surface area contributed by atoms with E-state index < -0.39 is 5.82 Å². The van der Waals surface area contributed by atoms with E-state index >= 15 is 4.39 Å². The van der Waals surface area contributed by atoms with Gasteiger partial charge in [-0.05, 0) is 48.1 Å². The molecule has 10 heteroatoms. The molecule has 0 radical (unpaired) electrons. The smallest absolute Gasteiger partial charge is 0.229 e. The van der Waals surface area contributed by atoms with Gasteiger partial charge in [0.1, 0.15) is 11.6 Å². The lowest BCUT2D eigenvalue weighted by atomic mass is 9.99. The molecule has 1 amide bonds. The average Bonchev–Trinajstić information content (AvgIpc) is 3.26. The summed E-state index contributed by atoms with van der Waals surface area (Å²) in [5, 5.41) is 11.9. The molecule has 1 saturated heterocycles. The van der Waals surface area contributed by atoms with Crippen LogP contribution in [-0.4, -0.2) is 38.8 Å². The monoisotopic (exact) mass is 506 g/mol. The van der Waals surface area contributed by atoms with Crippen LogP contribution in [0.15, 0.2) is 49.1 Å². The van der Waals surface area contributed by atoms with E-state index in [-0.39, 0.29) is 35.0 Å². The minimum Gasteiger partial charge on any atom is -0.342 e. The molecule has 2 unspecified atom stereocenters. The van der Waals surface area contributed by atoms with Crippen LogP contribution in [0, 0.1) is 24.6 Å². The van der Waals surface area contributed by atoms with Gasteiger partial charge in [-0.1, -0.05) is 18.5 Å². The Hall–Kier alpha value is -3.40. The highest BCUT2D eigenvalue weighted by atomic mass is 35.5. The van der Waals surface area contributed by atoms with E-state index in [1.54, 1.807) is 29.2 Å². The number of aromatic nitrogens is 4. The van der Waals surface area contributed by atoms with Crippen molar-refractivity contribution in [1.82, 2.24) is 25.1 Å². The highest BCUT2D eigenvalue weighted by Gasteiger charge is 2.53. The standard InChI is InChI=1S/C26H24ClFN6O2/c1-13-3-5-29-11-17(13)16-9-15-10-20(31-12-18(15)23(27)24(16)28)32-25(35)22-14(2)21(22)19-4-7-34(33-19)26-30-6-8-36-26/h3-5,7,9-12,14,21-22,26,30H,6,8H2,1-2H3,(H,31,32,35)/t14?,21-,22+,26?/m1/s1. The molecular formula is C26H24ClFN6O2. The second-order valence-electron chi connectivity index (χ2n) is 9.33. The summed E-state index contributed by atoms with van der Waals surface area (Å²) in [6.45, 7) is 5.35. The third-order valence-electron chi connectivity index (χ3n) is 7.07. The molecule has 8 nitrogen and oxygen atoms in total. The van der Waals surface area contributed by atoms with Crippen molar-refractivity contribution < 1.29 is 13.9 Å². The number of fused-ring (bicyclic) bond motifs is 1. The molecule has 4 heterocycles. The molecule has 1 aromatic carbocycles. The van der Waals surface area contributed by atoms with E-state index in [1.165, 1.54) is 6.20 Å².